The highest BCUT2D eigenvalue weighted by atomic mass is 16.5. The number of hydrogen-bond acceptors (Lipinski definition) is 6. The van der Waals surface area contributed by atoms with E-state index in [4.69, 9.17) is 18.9 Å². The number of methoxy groups -OCH3 is 4. The van der Waals surface area contributed by atoms with Gasteiger partial charge in [0, 0.05) is 24.1 Å². The lowest BCUT2D eigenvalue weighted by atomic mass is 10.1. The normalized spacial score (nSPS) is 10.6. The Bertz CT molecular complexity index is 896. The second-order valence-electron chi connectivity index (χ2n) is 5.39. The van der Waals surface area contributed by atoms with Crippen LogP contribution in [-0.2, 0) is 6.42 Å². The molecule has 3 aromatic rings. The molecule has 0 aliphatic carbocycles. The van der Waals surface area contributed by atoms with Crippen LogP contribution >= 0.6 is 0 Å². The Kier molecular flexibility index (Phi) is 4.88. The van der Waals surface area contributed by atoms with Gasteiger partial charge in [-0.1, -0.05) is 0 Å². The van der Waals surface area contributed by atoms with Gasteiger partial charge in [0.05, 0.1) is 46.0 Å². The number of benzene rings is 1. The zero-order chi connectivity index (χ0) is 17.8. The van der Waals surface area contributed by atoms with Gasteiger partial charge in [-0.25, -0.2) is 0 Å². The summed E-state index contributed by atoms with van der Waals surface area (Å²) in [5.41, 5.74) is 1.74. The molecule has 25 heavy (non-hydrogen) atoms. The third-order valence-corrected chi connectivity index (χ3v) is 4.03. The largest absolute Gasteiger partial charge is 0.493 e. The third-order valence-electron chi connectivity index (χ3n) is 4.03. The molecule has 0 unspecified atom stereocenters. The molecule has 0 aliphatic heterocycles. The van der Waals surface area contributed by atoms with Gasteiger partial charge in [0.1, 0.15) is 0 Å². The molecule has 0 atom stereocenters. The van der Waals surface area contributed by atoms with E-state index in [0.717, 1.165) is 22.2 Å². The molecule has 6 heteroatoms. The fourth-order valence-electron chi connectivity index (χ4n) is 2.75. The Morgan fingerprint density at radius 2 is 1.40 bits per heavy atom. The number of nitrogens with zero attached hydrogens (tertiary/aromatic N) is 2. The maximum atomic E-state index is 5.41. The number of pyridine rings is 2. The van der Waals surface area contributed by atoms with Crippen molar-refractivity contribution in [1.29, 1.82) is 0 Å². The zero-order valence-electron chi connectivity index (χ0n) is 14.7. The van der Waals surface area contributed by atoms with Crippen molar-refractivity contribution in [2.45, 2.75) is 6.42 Å². The highest BCUT2D eigenvalue weighted by Gasteiger charge is 2.12. The molecular weight excluding hydrogens is 320 g/mol. The van der Waals surface area contributed by atoms with E-state index in [1.54, 1.807) is 40.8 Å². The third kappa shape index (κ3) is 3.28. The monoisotopic (exact) mass is 340 g/mol. The molecule has 0 N–H and O–H groups in total. The summed E-state index contributed by atoms with van der Waals surface area (Å²) < 4.78 is 21.4. The SMILES string of the molecule is COc1cnc(Cc2nccc3cc(OC)c(OC)cc23)cc1OC. The topological polar surface area (TPSA) is 62.7 Å². The van der Waals surface area contributed by atoms with E-state index in [2.05, 4.69) is 9.97 Å². The van der Waals surface area contributed by atoms with Crippen molar-refractivity contribution in [2.24, 2.45) is 0 Å². The molecule has 2 aromatic heterocycles. The number of hydrogen-bond donors (Lipinski definition) is 0. The number of rotatable bonds is 6. The molecule has 0 saturated carbocycles. The van der Waals surface area contributed by atoms with Crippen molar-refractivity contribution in [3.63, 3.8) is 0 Å². The minimum atomic E-state index is 0.563. The lowest BCUT2D eigenvalue weighted by Gasteiger charge is -2.12. The number of aromatic nitrogens is 2. The fourth-order valence-corrected chi connectivity index (χ4v) is 2.75. The summed E-state index contributed by atoms with van der Waals surface area (Å²) in [5, 5.41) is 2.03. The first kappa shape index (κ1) is 16.8. The summed E-state index contributed by atoms with van der Waals surface area (Å²) in [6.45, 7) is 0. The predicted molar refractivity (Wildman–Crippen MR) is 95.0 cm³/mol. The molecule has 0 spiro atoms. The lowest BCUT2D eigenvalue weighted by molar-refractivity contribution is 0.352. The van der Waals surface area contributed by atoms with Gasteiger partial charge in [0.2, 0.25) is 0 Å². The van der Waals surface area contributed by atoms with Crippen LogP contribution in [0.3, 0.4) is 0 Å². The molecule has 0 aliphatic rings. The molecule has 0 radical (unpaired) electrons. The Labute approximate surface area is 146 Å². The molecular formula is C19H20N2O4. The van der Waals surface area contributed by atoms with Gasteiger partial charge in [0.25, 0.3) is 0 Å². The Hall–Kier alpha value is -3.02. The smallest absolute Gasteiger partial charge is 0.179 e. The molecule has 1 aromatic carbocycles. The van der Waals surface area contributed by atoms with Crippen LogP contribution in [0.4, 0.5) is 0 Å². The lowest BCUT2D eigenvalue weighted by Crippen LogP contribution is -1.99. The average Bonchev–Trinajstić information content (AvgIpc) is 2.66. The number of fused-ring (bicyclic) bond motifs is 1. The fraction of sp³-hybridized carbons (Fsp3) is 0.263. The Morgan fingerprint density at radius 1 is 0.760 bits per heavy atom. The van der Waals surface area contributed by atoms with Crippen LogP contribution in [-0.4, -0.2) is 38.4 Å². The predicted octanol–water partition coefficient (Wildman–Crippen LogP) is 3.26. The second-order valence-corrected chi connectivity index (χ2v) is 5.39. The minimum absolute atomic E-state index is 0.563. The van der Waals surface area contributed by atoms with E-state index in [9.17, 15) is 0 Å². The molecule has 2 heterocycles. The molecule has 0 amide bonds. The van der Waals surface area contributed by atoms with Crippen molar-refractivity contribution in [3.05, 3.63) is 48.0 Å². The van der Waals surface area contributed by atoms with E-state index < -0.39 is 0 Å². The van der Waals surface area contributed by atoms with Crippen molar-refractivity contribution in [3.8, 4) is 23.0 Å². The summed E-state index contributed by atoms with van der Waals surface area (Å²) in [6, 6.07) is 7.70. The standard InChI is InChI=1S/C19H20N2O4/c1-22-16-7-12-5-6-20-15(14(12)10-18(16)24-3)8-13-9-17(23-2)19(25-4)11-21-13/h5-7,9-11H,8H2,1-4H3. The van der Waals surface area contributed by atoms with Gasteiger partial charge < -0.3 is 18.9 Å². The van der Waals surface area contributed by atoms with Crippen molar-refractivity contribution >= 4 is 10.8 Å². The van der Waals surface area contributed by atoms with Crippen molar-refractivity contribution in [2.75, 3.05) is 28.4 Å². The van der Waals surface area contributed by atoms with Gasteiger partial charge in [0.15, 0.2) is 23.0 Å². The van der Waals surface area contributed by atoms with Gasteiger partial charge in [-0.05, 0) is 23.6 Å². The molecule has 0 saturated heterocycles. The van der Waals surface area contributed by atoms with E-state index in [-0.39, 0.29) is 0 Å². The van der Waals surface area contributed by atoms with E-state index in [1.165, 1.54) is 0 Å². The molecule has 130 valence electrons. The quantitative estimate of drug-likeness (QED) is 0.686. The first-order chi connectivity index (χ1) is 12.2. The van der Waals surface area contributed by atoms with Crippen LogP contribution in [0, 0.1) is 0 Å². The summed E-state index contributed by atoms with van der Waals surface area (Å²) in [4.78, 5) is 8.96. The minimum Gasteiger partial charge on any atom is -0.493 e. The average molecular weight is 340 g/mol. The first-order valence-corrected chi connectivity index (χ1v) is 7.76. The zero-order valence-corrected chi connectivity index (χ0v) is 14.7. The van der Waals surface area contributed by atoms with Crippen LogP contribution in [0.25, 0.3) is 10.8 Å². The van der Waals surface area contributed by atoms with E-state index >= 15 is 0 Å². The maximum Gasteiger partial charge on any atom is 0.179 e. The van der Waals surface area contributed by atoms with Crippen LogP contribution in [0.2, 0.25) is 0 Å². The molecule has 0 fully saturated rings. The van der Waals surface area contributed by atoms with Crippen LogP contribution in [0.1, 0.15) is 11.4 Å². The number of ether oxygens (including phenoxy) is 4. The van der Waals surface area contributed by atoms with Crippen LogP contribution in [0.15, 0.2) is 36.7 Å². The van der Waals surface area contributed by atoms with Gasteiger partial charge in [-0.3, -0.25) is 9.97 Å². The van der Waals surface area contributed by atoms with E-state index in [1.807, 2.05) is 24.3 Å². The maximum absolute atomic E-state index is 5.41. The van der Waals surface area contributed by atoms with Gasteiger partial charge in [-0.2, -0.15) is 0 Å². The highest BCUT2D eigenvalue weighted by molar-refractivity contribution is 5.88. The summed E-state index contributed by atoms with van der Waals surface area (Å²) in [7, 11) is 6.44. The summed E-state index contributed by atoms with van der Waals surface area (Å²) in [5.74, 6) is 2.61. The van der Waals surface area contributed by atoms with Crippen molar-refractivity contribution < 1.29 is 18.9 Å². The van der Waals surface area contributed by atoms with Crippen LogP contribution in [0.5, 0.6) is 23.0 Å². The summed E-state index contributed by atoms with van der Waals surface area (Å²) in [6.07, 6.45) is 4.00. The Morgan fingerprint density at radius 3 is 2.08 bits per heavy atom. The Balaban J connectivity index is 2.04. The van der Waals surface area contributed by atoms with Crippen molar-refractivity contribution in [1.82, 2.24) is 9.97 Å². The van der Waals surface area contributed by atoms with Gasteiger partial charge in [-0.15, -0.1) is 0 Å². The van der Waals surface area contributed by atoms with E-state index in [0.29, 0.717) is 29.4 Å². The van der Waals surface area contributed by atoms with Gasteiger partial charge >= 0.3 is 0 Å². The van der Waals surface area contributed by atoms with Crippen LogP contribution < -0.4 is 18.9 Å². The molecule has 0 bridgehead atoms. The highest BCUT2D eigenvalue weighted by Crippen LogP contribution is 2.34. The molecule has 6 nitrogen and oxygen atoms in total. The molecule has 3 rings (SSSR count). The summed E-state index contributed by atoms with van der Waals surface area (Å²) >= 11 is 0. The first-order valence-electron chi connectivity index (χ1n) is 7.76. The second kappa shape index (κ2) is 7.25.